The summed E-state index contributed by atoms with van der Waals surface area (Å²) in [6.07, 6.45) is 4.93. The van der Waals surface area contributed by atoms with E-state index in [1.807, 2.05) is 10.8 Å². The van der Waals surface area contributed by atoms with Crippen molar-refractivity contribution in [3.8, 4) is 0 Å². The number of rotatable bonds is 10. The molecule has 5 atom stereocenters. The summed E-state index contributed by atoms with van der Waals surface area (Å²) in [6, 6.07) is 10.7. The summed E-state index contributed by atoms with van der Waals surface area (Å²) < 4.78 is 7.38. The number of aromatic nitrogens is 2. The van der Waals surface area contributed by atoms with Gasteiger partial charge in [-0.3, -0.25) is 19.7 Å². The molecule has 0 spiro atoms. The molecule has 1 saturated heterocycles. The SMILES string of the molecule is CC1NC(C)C(CCOC(=O)c2ccc(Cn3ccnc3)cc2)(C(=O)O)C(c2cccc([N+](=O)[O-])c2)C1(C)C(=O)O. The van der Waals surface area contributed by atoms with Crippen molar-refractivity contribution >= 4 is 23.6 Å². The summed E-state index contributed by atoms with van der Waals surface area (Å²) in [6.45, 7) is 4.98. The number of aliphatic carboxylic acids is 2. The van der Waals surface area contributed by atoms with E-state index in [1.54, 1.807) is 50.6 Å². The Bertz CT molecular complexity index is 1440. The largest absolute Gasteiger partial charge is 0.481 e. The lowest BCUT2D eigenvalue weighted by atomic mass is 9.51. The molecule has 2 heterocycles. The first-order chi connectivity index (χ1) is 19.4. The third kappa shape index (κ3) is 5.42. The lowest BCUT2D eigenvalue weighted by molar-refractivity contribution is -0.385. The normalized spacial score (nSPS) is 25.8. The van der Waals surface area contributed by atoms with Crippen LogP contribution in [0.4, 0.5) is 5.69 Å². The first-order valence-electron chi connectivity index (χ1n) is 13.1. The molecule has 1 aliphatic rings. The lowest BCUT2D eigenvalue weighted by Gasteiger charge is -2.56. The summed E-state index contributed by atoms with van der Waals surface area (Å²) in [7, 11) is 0. The fraction of sp³-hybridized carbons (Fsp3) is 0.379. The molecular formula is C29H32N4O8. The molecule has 216 valence electrons. The van der Waals surface area contributed by atoms with Gasteiger partial charge in [0.05, 0.1) is 34.3 Å². The first-order valence-corrected chi connectivity index (χ1v) is 13.1. The zero-order valence-corrected chi connectivity index (χ0v) is 22.9. The molecule has 0 saturated carbocycles. The molecule has 0 radical (unpaired) electrons. The predicted octanol–water partition coefficient (Wildman–Crippen LogP) is 3.71. The summed E-state index contributed by atoms with van der Waals surface area (Å²) >= 11 is 0. The second-order valence-electron chi connectivity index (χ2n) is 10.6. The Hall–Kier alpha value is -4.58. The zero-order valence-electron chi connectivity index (χ0n) is 22.9. The number of non-ortho nitro benzene ring substituents is 1. The van der Waals surface area contributed by atoms with Gasteiger partial charge in [0.25, 0.3) is 5.69 Å². The van der Waals surface area contributed by atoms with E-state index < -0.39 is 51.7 Å². The number of esters is 1. The van der Waals surface area contributed by atoms with Crippen molar-refractivity contribution in [3.63, 3.8) is 0 Å². The molecule has 5 unspecified atom stereocenters. The van der Waals surface area contributed by atoms with Crippen LogP contribution in [0.2, 0.25) is 0 Å². The molecule has 1 aliphatic heterocycles. The number of hydrogen-bond donors (Lipinski definition) is 3. The number of nitro benzene ring substituents is 1. The van der Waals surface area contributed by atoms with Crippen LogP contribution in [0.3, 0.4) is 0 Å². The van der Waals surface area contributed by atoms with Gasteiger partial charge >= 0.3 is 17.9 Å². The van der Waals surface area contributed by atoms with Crippen LogP contribution in [0, 0.1) is 20.9 Å². The third-order valence-electron chi connectivity index (χ3n) is 8.42. The van der Waals surface area contributed by atoms with E-state index in [-0.39, 0.29) is 29.8 Å². The molecule has 0 amide bonds. The molecule has 3 N–H and O–H groups in total. The number of ether oxygens (including phenoxy) is 1. The highest BCUT2D eigenvalue weighted by Gasteiger charge is 2.65. The number of imidazole rings is 1. The maximum atomic E-state index is 13.1. The minimum atomic E-state index is -1.79. The number of carbonyl (C=O) groups is 3. The number of piperidine rings is 1. The number of carbonyl (C=O) groups excluding carboxylic acids is 1. The Morgan fingerprint density at radius 2 is 1.80 bits per heavy atom. The lowest BCUT2D eigenvalue weighted by Crippen LogP contribution is -2.69. The maximum absolute atomic E-state index is 13.1. The third-order valence-corrected chi connectivity index (χ3v) is 8.42. The monoisotopic (exact) mass is 564 g/mol. The van der Waals surface area contributed by atoms with Gasteiger partial charge in [0.15, 0.2) is 0 Å². The highest BCUT2D eigenvalue weighted by Crippen LogP contribution is 2.57. The fourth-order valence-corrected chi connectivity index (χ4v) is 6.01. The van der Waals surface area contributed by atoms with Gasteiger partial charge in [-0.15, -0.1) is 0 Å². The van der Waals surface area contributed by atoms with Gasteiger partial charge in [0, 0.05) is 49.1 Å². The van der Waals surface area contributed by atoms with Crippen molar-refractivity contribution in [2.75, 3.05) is 6.61 Å². The van der Waals surface area contributed by atoms with E-state index in [2.05, 4.69) is 10.3 Å². The molecule has 1 fully saturated rings. The van der Waals surface area contributed by atoms with Gasteiger partial charge < -0.3 is 24.8 Å². The van der Waals surface area contributed by atoms with Gasteiger partial charge in [0.1, 0.15) is 0 Å². The van der Waals surface area contributed by atoms with E-state index in [0.29, 0.717) is 6.54 Å². The molecule has 4 rings (SSSR count). The highest BCUT2D eigenvalue weighted by atomic mass is 16.6. The van der Waals surface area contributed by atoms with Gasteiger partial charge in [0.2, 0.25) is 0 Å². The Morgan fingerprint density at radius 3 is 2.39 bits per heavy atom. The van der Waals surface area contributed by atoms with Crippen LogP contribution in [0.15, 0.2) is 67.3 Å². The van der Waals surface area contributed by atoms with Crippen LogP contribution in [0.25, 0.3) is 0 Å². The van der Waals surface area contributed by atoms with Crippen molar-refractivity contribution in [1.82, 2.24) is 14.9 Å². The van der Waals surface area contributed by atoms with E-state index >= 15 is 0 Å². The minimum absolute atomic E-state index is 0.214. The van der Waals surface area contributed by atoms with Crippen LogP contribution in [-0.2, 0) is 20.9 Å². The van der Waals surface area contributed by atoms with Crippen LogP contribution >= 0.6 is 0 Å². The average molecular weight is 565 g/mol. The average Bonchev–Trinajstić information content (AvgIpc) is 3.44. The standard InChI is InChI=1S/C29H32N4O8/c1-18-28(3,26(35)36)24(22-5-4-6-23(15-22)33(39)40)29(27(37)38,19(2)31-18)11-14-41-25(34)21-9-7-20(8-10-21)16-32-13-12-30-17-32/h4-10,12-13,15,17-19,24,31H,11,14,16H2,1-3H3,(H,35,36)(H,37,38). The molecular weight excluding hydrogens is 532 g/mol. The molecule has 12 heteroatoms. The molecule has 41 heavy (non-hydrogen) atoms. The van der Waals surface area contributed by atoms with Crippen molar-refractivity contribution in [3.05, 3.63) is 94.1 Å². The number of carboxylic acids is 2. The van der Waals surface area contributed by atoms with Crippen LogP contribution < -0.4 is 5.32 Å². The molecule has 0 aliphatic carbocycles. The van der Waals surface area contributed by atoms with Gasteiger partial charge in [-0.2, -0.15) is 0 Å². The number of hydrogen-bond acceptors (Lipinski definition) is 8. The van der Waals surface area contributed by atoms with Gasteiger partial charge in [-0.1, -0.05) is 24.3 Å². The quantitative estimate of drug-likeness (QED) is 0.187. The minimum Gasteiger partial charge on any atom is -0.481 e. The Morgan fingerprint density at radius 1 is 1.10 bits per heavy atom. The van der Waals surface area contributed by atoms with Crippen LogP contribution in [-0.4, -0.2) is 61.3 Å². The van der Waals surface area contributed by atoms with Crippen LogP contribution in [0.1, 0.15) is 54.6 Å². The molecule has 0 bridgehead atoms. The topological polar surface area (TPSA) is 174 Å². The smallest absolute Gasteiger partial charge is 0.338 e. The molecule has 12 nitrogen and oxygen atoms in total. The highest BCUT2D eigenvalue weighted by molar-refractivity contribution is 5.89. The summed E-state index contributed by atoms with van der Waals surface area (Å²) in [5.74, 6) is -4.40. The van der Waals surface area contributed by atoms with Gasteiger partial charge in [-0.05, 0) is 50.5 Å². The van der Waals surface area contributed by atoms with Gasteiger partial charge in [-0.25, -0.2) is 9.78 Å². The van der Waals surface area contributed by atoms with E-state index in [1.165, 1.54) is 31.2 Å². The predicted molar refractivity (Wildman–Crippen MR) is 146 cm³/mol. The Kier molecular flexibility index (Phi) is 8.24. The fourth-order valence-electron chi connectivity index (χ4n) is 6.01. The van der Waals surface area contributed by atoms with Crippen LogP contribution in [0.5, 0.6) is 0 Å². The second-order valence-corrected chi connectivity index (χ2v) is 10.6. The zero-order chi connectivity index (χ0) is 29.9. The summed E-state index contributed by atoms with van der Waals surface area (Å²) in [5.41, 5.74) is -2.31. The number of nitro groups is 1. The van der Waals surface area contributed by atoms with E-state index in [9.17, 15) is 34.7 Å². The maximum Gasteiger partial charge on any atom is 0.338 e. The number of carboxylic acid groups (broad SMARTS) is 2. The second kappa shape index (κ2) is 11.5. The summed E-state index contributed by atoms with van der Waals surface area (Å²) in [5, 5.41) is 35.7. The van der Waals surface area contributed by atoms with Crippen molar-refractivity contribution < 1.29 is 34.3 Å². The molecule has 1 aromatic heterocycles. The molecule has 3 aromatic rings. The number of nitrogens with one attached hydrogen (secondary N) is 1. The van der Waals surface area contributed by atoms with Crippen molar-refractivity contribution in [2.45, 2.75) is 51.7 Å². The number of benzene rings is 2. The van der Waals surface area contributed by atoms with E-state index in [4.69, 9.17) is 4.74 Å². The first kappa shape index (κ1) is 29.4. The van der Waals surface area contributed by atoms with Crippen molar-refractivity contribution in [2.24, 2.45) is 10.8 Å². The number of nitrogens with zero attached hydrogens (tertiary/aromatic N) is 3. The molecule has 2 aromatic carbocycles. The Labute approximate surface area is 236 Å². The Balaban J connectivity index is 1.63. The summed E-state index contributed by atoms with van der Waals surface area (Å²) in [4.78, 5) is 53.6. The van der Waals surface area contributed by atoms with Crippen molar-refractivity contribution in [1.29, 1.82) is 0 Å². The van der Waals surface area contributed by atoms with E-state index in [0.717, 1.165) is 5.56 Å².